The van der Waals surface area contributed by atoms with Gasteiger partial charge in [0.25, 0.3) is 5.91 Å². The van der Waals surface area contributed by atoms with E-state index in [1.54, 1.807) is 12.1 Å². The van der Waals surface area contributed by atoms with E-state index in [-0.39, 0.29) is 10.8 Å². The molecule has 2 aliphatic heterocycles. The van der Waals surface area contributed by atoms with Gasteiger partial charge in [-0.15, -0.1) is 0 Å². The lowest BCUT2D eigenvalue weighted by molar-refractivity contribution is 0.0633. The zero-order valence-electron chi connectivity index (χ0n) is 18.5. The number of nitrogens with zero attached hydrogens (tertiary/aromatic N) is 5. The van der Waals surface area contributed by atoms with Crippen molar-refractivity contribution in [2.24, 2.45) is 0 Å². The van der Waals surface area contributed by atoms with Gasteiger partial charge in [0, 0.05) is 76.7 Å². The second kappa shape index (κ2) is 10.1. The molecule has 2 aromatic rings. The minimum absolute atomic E-state index is 0.0529. The highest BCUT2D eigenvalue weighted by atomic mass is 32.2. The largest absolute Gasteiger partial charge is 0.379 e. The quantitative estimate of drug-likeness (QED) is 0.610. The number of imidazole rings is 1. The summed E-state index contributed by atoms with van der Waals surface area (Å²) in [6.45, 7) is 8.43. The van der Waals surface area contributed by atoms with Gasteiger partial charge < -0.3 is 14.2 Å². The summed E-state index contributed by atoms with van der Waals surface area (Å²) in [5, 5.41) is 0. The van der Waals surface area contributed by atoms with Crippen LogP contribution in [0.2, 0.25) is 0 Å². The highest BCUT2D eigenvalue weighted by molar-refractivity contribution is 7.89. The number of carbonyl (C=O) groups is 1. The van der Waals surface area contributed by atoms with Gasteiger partial charge in [0.05, 0.1) is 18.1 Å². The SMILES string of the molecule is CCc1nccn1CCN1CCN(C(=O)c2ccc(S(=O)(=O)N3CCOCC3)cc2)CC1. The highest BCUT2D eigenvalue weighted by Gasteiger charge is 2.27. The number of ether oxygens (including phenoxy) is 1. The number of hydrogen-bond acceptors (Lipinski definition) is 6. The number of aryl methyl sites for hydroxylation is 1. The molecule has 2 aliphatic rings. The average Bonchev–Trinajstić information content (AvgIpc) is 3.31. The monoisotopic (exact) mass is 461 g/mol. The Bertz CT molecular complexity index is 1010. The van der Waals surface area contributed by atoms with Crippen molar-refractivity contribution in [3.8, 4) is 0 Å². The van der Waals surface area contributed by atoms with Crippen molar-refractivity contribution in [2.45, 2.75) is 24.8 Å². The Kier molecular flexibility index (Phi) is 7.24. The summed E-state index contributed by atoms with van der Waals surface area (Å²) in [7, 11) is -3.55. The number of piperazine rings is 1. The molecule has 2 saturated heterocycles. The Labute approximate surface area is 189 Å². The maximum atomic E-state index is 12.9. The van der Waals surface area contributed by atoms with Crippen LogP contribution in [0.3, 0.4) is 0 Å². The van der Waals surface area contributed by atoms with Crippen LogP contribution in [0.5, 0.6) is 0 Å². The molecule has 10 heteroatoms. The van der Waals surface area contributed by atoms with Crippen LogP contribution in [-0.4, -0.2) is 97.0 Å². The lowest BCUT2D eigenvalue weighted by atomic mass is 10.2. The van der Waals surface area contributed by atoms with E-state index in [0.29, 0.717) is 45.0 Å². The zero-order chi connectivity index (χ0) is 22.6. The van der Waals surface area contributed by atoms with Gasteiger partial charge in [-0.25, -0.2) is 13.4 Å². The van der Waals surface area contributed by atoms with Crippen LogP contribution in [0.1, 0.15) is 23.1 Å². The Morgan fingerprint density at radius 2 is 1.69 bits per heavy atom. The topological polar surface area (TPSA) is 88.0 Å². The molecule has 3 heterocycles. The van der Waals surface area contributed by atoms with Gasteiger partial charge >= 0.3 is 0 Å². The number of morpholine rings is 1. The fraction of sp³-hybridized carbons (Fsp3) is 0.545. The van der Waals surface area contributed by atoms with E-state index in [1.165, 1.54) is 16.4 Å². The molecule has 9 nitrogen and oxygen atoms in total. The number of rotatable bonds is 7. The molecular weight excluding hydrogens is 430 g/mol. The summed E-state index contributed by atoms with van der Waals surface area (Å²) in [6.07, 6.45) is 4.77. The normalized spacial score (nSPS) is 18.7. The predicted octanol–water partition coefficient (Wildman–Crippen LogP) is 0.924. The highest BCUT2D eigenvalue weighted by Crippen LogP contribution is 2.19. The third kappa shape index (κ3) is 5.03. The van der Waals surface area contributed by atoms with Gasteiger partial charge in [-0.2, -0.15) is 4.31 Å². The molecule has 2 fully saturated rings. The zero-order valence-corrected chi connectivity index (χ0v) is 19.3. The summed E-state index contributed by atoms with van der Waals surface area (Å²) >= 11 is 0. The number of aromatic nitrogens is 2. The fourth-order valence-corrected chi connectivity index (χ4v) is 5.58. The summed E-state index contributed by atoms with van der Waals surface area (Å²) in [5.41, 5.74) is 0.519. The molecule has 0 aliphatic carbocycles. The second-order valence-corrected chi connectivity index (χ2v) is 10.0. The summed E-state index contributed by atoms with van der Waals surface area (Å²) in [5.74, 6) is 1.04. The minimum Gasteiger partial charge on any atom is -0.379 e. The Morgan fingerprint density at radius 3 is 2.34 bits per heavy atom. The number of amides is 1. The van der Waals surface area contributed by atoms with Crippen LogP contribution < -0.4 is 0 Å². The lowest BCUT2D eigenvalue weighted by Crippen LogP contribution is -2.49. The third-order valence-electron chi connectivity index (χ3n) is 6.14. The van der Waals surface area contributed by atoms with E-state index in [4.69, 9.17) is 4.74 Å². The van der Waals surface area contributed by atoms with Crippen LogP contribution in [0.15, 0.2) is 41.6 Å². The summed E-state index contributed by atoms with van der Waals surface area (Å²) < 4.78 is 34.4. The standard InChI is InChI=1S/C22H31N5O4S/c1-2-21-23-7-8-25(21)12-9-24-10-13-26(14-11-24)22(28)19-3-5-20(6-4-19)32(29,30)27-15-17-31-18-16-27/h3-8H,2,9-18H2,1H3. The second-order valence-electron chi connectivity index (χ2n) is 8.07. The summed E-state index contributed by atoms with van der Waals surface area (Å²) in [4.78, 5) is 21.7. The molecule has 0 atom stereocenters. The van der Waals surface area contributed by atoms with E-state index in [1.807, 2.05) is 17.3 Å². The number of hydrogen-bond donors (Lipinski definition) is 0. The van der Waals surface area contributed by atoms with Crippen molar-refractivity contribution >= 4 is 15.9 Å². The van der Waals surface area contributed by atoms with Gasteiger partial charge in [-0.05, 0) is 24.3 Å². The van der Waals surface area contributed by atoms with Crippen molar-refractivity contribution < 1.29 is 17.9 Å². The first-order valence-electron chi connectivity index (χ1n) is 11.2. The van der Waals surface area contributed by atoms with Crippen molar-refractivity contribution in [1.82, 2.24) is 23.7 Å². The molecule has 4 rings (SSSR count). The van der Waals surface area contributed by atoms with Gasteiger partial charge in [0.2, 0.25) is 10.0 Å². The first-order valence-corrected chi connectivity index (χ1v) is 12.6. The van der Waals surface area contributed by atoms with E-state index in [2.05, 4.69) is 21.4 Å². The molecular formula is C22H31N5O4S. The lowest BCUT2D eigenvalue weighted by Gasteiger charge is -2.35. The third-order valence-corrected chi connectivity index (χ3v) is 8.06. The molecule has 1 aromatic heterocycles. The number of carbonyl (C=O) groups excluding carboxylic acids is 1. The number of benzene rings is 1. The van der Waals surface area contributed by atoms with Crippen molar-refractivity contribution in [1.29, 1.82) is 0 Å². The molecule has 174 valence electrons. The van der Waals surface area contributed by atoms with Crippen molar-refractivity contribution in [3.63, 3.8) is 0 Å². The average molecular weight is 462 g/mol. The fourth-order valence-electron chi connectivity index (χ4n) is 4.17. The molecule has 32 heavy (non-hydrogen) atoms. The van der Waals surface area contributed by atoms with E-state index >= 15 is 0 Å². The molecule has 0 unspecified atom stereocenters. The van der Waals surface area contributed by atoms with E-state index in [9.17, 15) is 13.2 Å². The predicted molar refractivity (Wildman–Crippen MR) is 120 cm³/mol. The van der Waals surface area contributed by atoms with Gasteiger partial charge in [0.15, 0.2) is 0 Å². The molecule has 1 aromatic carbocycles. The van der Waals surface area contributed by atoms with Gasteiger partial charge in [-0.1, -0.05) is 6.92 Å². The minimum atomic E-state index is -3.55. The smallest absolute Gasteiger partial charge is 0.253 e. The maximum absolute atomic E-state index is 12.9. The maximum Gasteiger partial charge on any atom is 0.253 e. The van der Waals surface area contributed by atoms with Gasteiger partial charge in [-0.3, -0.25) is 9.69 Å². The van der Waals surface area contributed by atoms with Gasteiger partial charge in [0.1, 0.15) is 5.82 Å². The first kappa shape index (κ1) is 22.9. The van der Waals surface area contributed by atoms with Crippen LogP contribution >= 0.6 is 0 Å². The number of sulfonamides is 1. The first-order chi connectivity index (χ1) is 15.5. The summed E-state index contributed by atoms with van der Waals surface area (Å²) in [6, 6.07) is 6.30. The molecule has 1 amide bonds. The molecule has 0 radical (unpaired) electrons. The van der Waals surface area contributed by atoms with E-state index < -0.39 is 10.0 Å². The Balaban J connectivity index is 1.30. The Hall–Kier alpha value is -2.27. The molecule has 0 bridgehead atoms. The van der Waals surface area contributed by atoms with Crippen molar-refractivity contribution in [3.05, 3.63) is 48.0 Å². The van der Waals surface area contributed by atoms with Crippen LogP contribution in [0.25, 0.3) is 0 Å². The van der Waals surface area contributed by atoms with Crippen LogP contribution in [0, 0.1) is 0 Å². The van der Waals surface area contributed by atoms with Crippen LogP contribution in [-0.2, 0) is 27.7 Å². The Morgan fingerprint density at radius 1 is 1.00 bits per heavy atom. The van der Waals surface area contributed by atoms with Crippen LogP contribution in [0.4, 0.5) is 0 Å². The van der Waals surface area contributed by atoms with E-state index in [0.717, 1.165) is 38.4 Å². The molecule has 0 saturated carbocycles. The van der Waals surface area contributed by atoms with Crippen molar-refractivity contribution in [2.75, 3.05) is 59.0 Å². The molecule has 0 N–H and O–H groups in total. The molecule has 0 spiro atoms.